The zero-order chi connectivity index (χ0) is 15.6. The van der Waals surface area contributed by atoms with Gasteiger partial charge in [-0.25, -0.2) is 4.98 Å². The number of thiazole rings is 1. The van der Waals surface area contributed by atoms with Gasteiger partial charge in [0.15, 0.2) is 0 Å². The van der Waals surface area contributed by atoms with Gasteiger partial charge in [0.05, 0.1) is 6.04 Å². The van der Waals surface area contributed by atoms with Crippen LogP contribution in [0.3, 0.4) is 0 Å². The monoisotopic (exact) mass is 343 g/mol. The van der Waals surface area contributed by atoms with Gasteiger partial charge in [0, 0.05) is 29.0 Å². The fourth-order valence-corrected chi connectivity index (χ4v) is 2.99. The number of amides is 1. The van der Waals surface area contributed by atoms with Crippen LogP contribution in [0.2, 0.25) is 10.0 Å². The van der Waals surface area contributed by atoms with Crippen LogP contribution in [0.5, 0.6) is 0 Å². The summed E-state index contributed by atoms with van der Waals surface area (Å²) in [7, 11) is 1.71. The van der Waals surface area contributed by atoms with Gasteiger partial charge in [-0.3, -0.25) is 4.79 Å². The quantitative estimate of drug-likeness (QED) is 0.919. The smallest absolute Gasteiger partial charge is 0.273 e. The summed E-state index contributed by atoms with van der Waals surface area (Å²) in [5.41, 5.74) is 6.99. The third-order valence-corrected chi connectivity index (χ3v) is 4.53. The van der Waals surface area contributed by atoms with Gasteiger partial charge in [-0.2, -0.15) is 0 Å². The lowest BCUT2D eigenvalue weighted by Crippen LogP contribution is -2.26. The molecule has 0 aliphatic carbocycles. The van der Waals surface area contributed by atoms with E-state index >= 15 is 0 Å². The summed E-state index contributed by atoms with van der Waals surface area (Å²) < 4.78 is 0. The van der Waals surface area contributed by atoms with Crippen molar-refractivity contribution < 1.29 is 4.79 Å². The number of aromatic nitrogens is 1. The van der Waals surface area contributed by atoms with E-state index in [1.165, 1.54) is 11.3 Å². The number of halogens is 2. The predicted octanol–water partition coefficient (Wildman–Crippen LogP) is 3.74. The van der Waals surface area contributed by atoms with E-state index in [1.807, 2.05) is 13.0 Å². The van der Waals surface area contributed by atoms with Crippen molar-refractivity contribution in [3.63, 3.8) is 0 Å². The Morgan fingerprint density at radius 1 is 1.48 bits per heavy atom. The number of carbonyl (C=O) groups is 1. The summed E-state index contributed by atoms with van der Waals surface area (Å²) in [6.07, 6.45) is 0. The fourth-order valence-electron chi connectivity index (χ4n) is 1.77. The summed E-state index contributed by atoms with van der Waals surface area (Å²) in [4.78, 5) is 18.1. The van der Waals surface area contributed by atoms with E-state index in [0.29, 0.717) is 22.3 Å². The van der Waals surface area contributed by atoms with Crippen LogP contribution < -0.4 is 5.73 Å². The van der Waals surface area contributed by atoms with Gasteiger partial charge in [-0.15, -0.1) is 11.3 Å². The lowest BCUT2D eigenvalue weighted by atomic mass is 10.2. The topological polar surface area (TPSA) is 59.2 Å². The maximum atomic E-state index is 12.3. The molecule has 0 fully saturated rings. The van der Waals surface area contributed by atoms with Gasteiger partial charge in [0.1, 0.15) is 10.7 Å². The predicted molar refractivity (Wildman–Crippen MR) is 87.0 cm³/mol. The minimum atomic E-state index is -0.174. The van der Waals surface area contributed by atoms with E-state index < -0.39 is 0 Å². The molecule has 2 N–H and O–H groups in total. The maximum Gasteiger partial charge on any atom is 0.273 e. The molecule has 1 aromatic carbocycles. The van der Waals surface area contributed by atoms with Crippen LogP contribution in [-0.2, 0) is 6.54 Å². The van der Waals surface area contributed by atoms with Gasteiger partial charge >= 0.3 is 0 Å². The molecule has 7 heteroatoms. The first-order chi connectivity index (χ1) is 9.88. The van der Waals surface area contributed by atoms with E-state index in [4.69, 9.17) is 28.9 Å². The van der Waals surface area contributed by atoms with Crippen LogP contribution in [0, 0.1) is 0 Å². The standard InChI is InChI=1S/C14H15Cl2N3OS/c1-8(17)13-18-12(7-21-13)14(20)19(2)6-9-3-4-10(15)5-11(9)16/h3-5,7-8H,6,17H2,1-2H3. The highest BCUT2D eigenvalue weighted by Crippen LogP contribution is 2.23. The minimum absolute atomic E-state index is 0.163. The van der Waals surface area contributed by atoms with Crippen molar-refractivity contribution in [1.82, 2.24) is 9.88 Å². The molecule has 0 aliphatic rings. The molecule has 2 rings (SSSR count). The molecule has 0 radical (unpaired) electrons. The highest BCUT2D eigenvalue weighted by molar-refractivity contribution is 7.09. The van der Waals surface area contributed by atoms with Crippen LogP contribution in [0.15, 0.2) is 23.6 Å². The Labute approximate surface area is 137 Å². The summed E-state index contributed by atoms with van der Waals surface area (Å²) in [6.45, 7) is 2.23. The summed E-state index contributed by atoms with van der Waals surface area (Å²) in [6, 6.07) is 5.04. The molecule has 112 valence electrons. The molecule has 21 heavy (non-hydrogen) atoms. The number of carbonyl (C=O) groups excluding carboxylic acids is 1. The van der Waals surface area contributed by atoms with Crippen LogP contribution in [0.25, 0.3) is 0 Å². The van der Waals surface area contributed by atoms with E-state index in [-0.39, 0.29) is 11.9 Å². The highest BCUT2D eigenvalue weighted by Gasteiger charge is 2.17. The lowest BCUT2D eigenvalue weighted by molar-refractivity contribution is 0.0780. The number of rotatable bonds is 4. The lowest BCUT2D eigenvalue weighted by Gasteiger charge is -2.17. The van der Waals surface area contributed by atoms with Crippen molar-refractivity contribution in [2.75, 3.05) is 7.05 Å². The molecule has 1 unspecified atom stereocenters. The zero-order valence-corrected chi connectivity index (χ0v) is 14.0. The second-order valence-corrected chi connectivity index (χ2v) is 6.49. The van der Waals surface area contributed by atoms with Crippen molar-refractivity contribution in [1.29, 1.82) is 0 Å². The Balaban J connectivity index is 2.11. The van der Waals surface area contributed by atoms with Crippen LogP contribution in [0.4, 0.5) is 0 Å². The van der Waals surface area contributed by atoms with E-state index in [0.717, 1.165) is 10.6 Å². The molecule has 1 atom stereocenters. The van der Waals surface area contributed by atoms with E-state index in [9.17, 15) is 4.79 Å². The molecule has 2 aromatic rings. The van der Waals surface area contributed by atoms with Gasteiger partial charge in [-0.05, 0) is 24.6 Å². The Bertz CT molecular complexity index is 657. The summed E-state index contributed by atoms with van der Waals surface area (Å²) >= 11 is 13.4. The number of nitrogens with two attached hydrogens (primary N) is 1. The van der Waals surface area contributed by atoms with Crippen LogP contribution in [-0.4, -0.2) is 22.8 Å². The van der Waals surface area contributed by atoms with Crippen molar-refractivity contribution in [2.45, 2.75) is 19.5 Å². The molecule has 0 bridgehead atoms. The van der Waals surface area contributed by atoms with Gasteiger partial charge in [0.25, 0.3) is 5.91 Å². The SMILES string of the molecule is CC(N)c1nc(C(=O)N(C)Cc2ccc(Cl)cc2Cl)cs1. The largest absolute Gasteiger partial charge is 0.336 e. The van der Waals surface area contributed by atoms with Crippen molar-refractivity contribution >= 4 is 40.4 Å². The average Bonchev–Trinajstić information content (AvgIpc) is 2.90. The Kier molecular flexibility index (Phi) is 5.22. The first-order valence-corrected chi connectivity index (χ1v) is 7.92. The van der Waals surface area contributed by atoms with Crippen molar-refractivity contribution in [3.05, 3.63) is 49.9 Å². The van der Waals surface area contributed by atoms with Crippen molar-refractivity contribution in [2.24, 2.45) is 5.73 Å². The number of hydrogen-bond acceptors (Lipinski definition) is 4. The molecule has 0 spiro atoms. The molecule has 0 aliphatic heterocycles. The minimum Gasteiger partial charge on any atom is -0.336 e. The molecule has 4 nitrogen and oxygen atoms in total. The molecule has 1 heterocycles. The third-order valence-electron chi connectivity index (χ3n) is 2.90. The van der Waals surface area contributed by atoms with Crippen LogP contribution in [0.1, 0.15) is 34.0 Å². The Hall–Kier alpha value is -1.14. The maximum absolute atomic E-state index is 12.3. The average molecular weight is 344 g/mol. The first kappa shape index (κ1) is 16.2. The second-order valence-electron chi connectivity index (χ2n) is 4.76. The van der Waals surface area contributed by atoms with E-state index in [1.54, 1.807) is 29.5 Å². The molecule has 0 saturated heterocycles. The Morgan fingerprint density at radius 3 is 2.76 bits per heavy atom. The molecular weight excluding hydrogens is 329 g/mol. The van der Waals surface area contributed by atoms with Gasteiger partial charge in [-0.1, -0.05) is 29.3 Å². The Morgan fingerprint density at radius 2 is 2.19 bits per heavy atom. The number of benzene rings is 1. The van der Waals surface area contributed by atoms with Gasteiger partial charge < -0.3 is 10.6 Å². The molecular formula is C14H15Cl2N3OS. The number of nitrogens with zero attached hydrogens (tertiary/aromatic N) is 2. The first-order valence-electron chi connectivity index (χ1n) is 6.29. The van der Waals surface area contributed by atoms with E-state index in [2.05, 4.69) is 4.98 Å². The fraction of sp³-hybridized carbons (Fsp3) is 0.286. The molecule has 1 amide bonds. The molecule has 1 aromatic heterocycles. The summed E-state index contributed by atoms with van der Waals surface area (Å²) in [5, 5.41) is 3.58. The highest BCUT2D eigenvalue weighted by atomic mass is 35.5. The van der Waals surface area contributed by atoms with Gasteiger partial charge in [0.2, 0.25) is 0 Å². The van der Waals surface area contributed by atoms with Crippen LogP contribution >= 0.6 is 34.5 Å². The van der Waals surface area contributed by atoms with Crippen molar-refractivity contribution in [3.8, 4) is 0 Å². The second kappa shape index (κ2) is 6.75. The third kappa shape index (κ3) is 3.95. The number of hydrogen-bond donors (Lipinski definition) is 1. The zero-order valence-electron chi connectivity index (χ0n) is 11.6. The normalized spacial score (nSPS) is 12.2. The molecule has 0 saturated carbocycles. The summed E-state index contributed by atoms with van der Waals surface area (Å²) in [5.74, 6) is -0.163.